The molecule has 0 aliphatic carbocycles. The number of ether oxygens (including phenoxy) is 1. The quantitative estimate of drug-likeness (QED) is 0.837. The zero-order valence-corrected chi connectivity index (χ0v) is 14.9. The van der Waals surface area contributed by atoms with Gasteiger partial charge in [0.15, 0.2) is 5.82 Å². The van der Waals surface area contributed by atoms with Crippen molar-refractivity contribution in [3.63, 3.8) is 0 Å². The molecule has 1 aliphatic heterocycles. The number of rotatable bonds is 7. The molecule has 5 heteroatoms. The maximum absolute atomic E-state index is 9.62. The van der Waals surface area contributed by atoms with Gasteiger partial charge in [-0.3, -0.25) is 4.90 Å². The van der Waals surface area contributed by atoms with Crippen LogP contribution in [0.5, 0.6) is 5.75 Å². The molecule has 1 aromatic heterocycles. The van der Waals surface area contributed by atoms with E-state index < -0.39 is 0 Å². The molecule has 2 heterocycles. The summed E-state index contributed by atoms with van der Waals surface area (Å²) in [5, 5.41) is 9.62. The number of likely N-dealkylation sites (tertiary alicyclic amines) is 1. The van der Waals surface area contributed by atoms with E-state index in [0.717, 1.165) is 37.3 Å². The number of aromatic nitrogens is 2. The number of aryl methyl sites for hydroxylation is 1. The lowest BCUT2D eigenvalue weighted by molar-refractivity contribution is 0.132. The summed E-state index contributed by atoms with van der Waals surface area (Å²) in [5.74, 6) is 1.08. The number of piperidine rings is 1. The average molecular weight is 341 g/mol. The first kappa shape index (κ1) is 17.8. The highest BCUT2D eigenvalue weighted by molar-refractivity contribution is 5.27. The van der Waals surface area contributed by atoms with Gasteiger partial charge in [-0.05, 0) is 49.9 Å². The molecule has 1 fully saturated rings. The minimum atomic E-state index is 0.353. The second-order valence-corrected chi connectivity index (χ2v) is 6.77. The van der Waals surface area contributed by atoms with E-state index >= 15 is 0 Å². The van der Waals surface area contributed by atoms with E-state index in [1.807, 2.05) is 24.5 Å². The van der Waals surface area contributed by atoms with Crippen LogP contribution >= 0.6 is 0 Å². The van der Waals surface area contributed by atoms with Crippen LogP contribution in [0.25, 0.3) is 0 Å². The number of nitrogens with zero attached hydrogens (tertiary/aromatic N) is 3. The normalized spacial score (nSPS) is 18.4. The molecule has 1 saturated heterocycles. The summed E-state index contributed by atoms with van der Waals surface area (Å²) in [5.41, 5.74) is 2.36. The van der Waals surface area contributed by atoms with Gasteiger partial charge in [-0.1, -0.05) is 18.6 Å². The van der Waals surface area contributed by atoms with E-state index in [4.69, 9.17) is 4.74 Å². The predicted octanol–water partition coefficient (Wildman–Crippen LogP) is 3.32. The second-order valence-electron chi connectivity index (χ2n) is 6.77. The molecule has 5 nitrogen and oxygen atoms in total. The molecule has 2 aromatic rings. The van der Waals surface area contributed by atoms with E-state index in [9.17, 15) is 5.11 Å². The Balaban J connectivity index is 1.58. The van der Waals surface area contributed by atoms with Crippen molar-refractivity contribution in [1.82, 2.24) is 14.9 Å². The molecule has 0 spiro atoms. The number of methoxy groups -OCH3 is 1. The molecule has 1 atom stereocenters. The Morgan fingerprint density at radius 3 is 2.80 bits per heavy atom. The summed E-state index contributed by atoms with van der Waals surface area (Å²) in [6.45, 7) is 2.49. The zero-order chi connectivity index (χ0) is 17.5. The molecule has 25 heavy (non-hydrogen) atoms. The van der Waals surface area contributed by atoms with Gasteiger partial charge >= 0.3 is 0 Å². The molecule has 1 N–H and O–H groups in total. The Morgan fingerprint density at radius 1 is 1.20 bits per heavy atom. The van der Waals surface area contributed by atoms with Gasteiger partial charge in [0.05, 0.1) is 0 Å². The van der Waals surface area contributed by atoms with Crippen molar-refractivity contribution in [2.75, 3.05) is 13.7 Å². The highest BCUT2D eigenvalue weighted by Gasteiger charge is 2.22. The number of phenols is 1. The molecular formula is C20H27N3O2. The van der Waals surface area contributed by atoms with Gasteiger partial charge in [0.25, 0.3) is 0 Å². The fraction of sp³-hybridized carbons (Fsp3) is 0.500. The molecular weight excluding hydrogens is 314 g/mol. The first-order valence-corrected chi connectivity index (χ1v) is 9.05. The third-order valence-electron chi connectivity index (χ3n) is 4.84. The van der Waals surface area contributed by atoms with Crippen LogP contribution in [0.15, 0.2) is 36.7 Å². The monoisotopic (exact) mass is 341 g/mol. The lowest BCUT2D eigenvalue weighted by Crippen LogP contribution is -2.39. The van der Waals surface area contributed by atoms with Crippen molar-refractivity contribution in [2.45, 2.75) is 51.3 Å². The third-order valence-corrected chi connectivity index (χ3v) is 4.84. The van der Waals surface area contributed by atoms with E-state index in [2.05, 4.69) is 20.9 Å². The fourth-order valence-corrected chi connectivity index (χ4v) is 3.54. The van der Waals surface area contributed by atoms with Crippen LogP contribution in [-0.4, -0.2) is 39.7 Å². The van der Waals surface area contributed by atoms with E-state index in [1.165, 1.54) is 24.8 Å². The smallest absolute Gasteiger partial charge is 0.153 e. The Labute approximate surface area is 149 Å². The number of phenolic OH excluding ortho intramolecular Hbond substituents is 1. The molecule has 1 aliphatic rings. The number of benzene rings is 1. The van der Waals surface area contributed by atoms with E-state index in [0.29, 0.717) is 18.4 Å². The summed E-state index contributed by atoms with van der Waals surface area (Å²) in [7, 11) is 1.65. The largest absolute Gasteiger partial charge is 0.508 e. The Bertz CT molecular complexity index is 660. The summed E-state index contributed by atoms with van der Waals surface area (Å²) in [6.07, 6.45) is 9.74. The molecule has 0 amide bonds. The van der Waals surface area contributed by atoms with Gasteiger partial charge in [-0.25, -0.2) is 9.97 Å². The molecule has 0 bridgehead atoms. The number of aromatic hydroxyl groups is 1. The Morgan fingerprint density at radius 2 is 2.04 bits per heavy atom. The Kier molecular flexibility index (Phi) is 6.36. The summed E-state index contributed by atoms with van der Waals surface area (Å²) >= 11 is 0. The minimum absolute atomic E-state index is 0.353. The number of hydrogen-bond acceptors (Lipinski definition) is 5. The van der Waals surface area contributed by atoms with Crippen LogP contribution in [0.1, 0.15) is 42.6 Å². The summed E-state index contributed by atoms with van der Waals surface area (Å²) in [6, 6.07) is 8.19. The van der Waals surface area contributed by atoms with Crippen LogP contribution in [-0.2, 0) is 24.3 Å². The summed E-state index contributed by atoms with van der Waals surface area (Å²) in [4.78, 5) is 11.3. The highest BCUT2D eigenvalue weighted by atomic mass is 16.5. The molecule has 0 radical (unpaired) electrons. The van der Waals surface area contributed by atoms with Gasteiger partial charge in [-0.2, -0.15) is 0 Å². The van der Waals surface area contributed by atoms with E-state index in [1.54, 1.807) is 13.2 Å². The topological polar surface area (TPSA) is 58.5 Å². The molecule has 1 aromatic carbocycles. The third kappa shape index (κ3) is 5.25. The average Bonchev–Trinajstić information content (AvgIpc) is 2.63. The fourth-order valence-electron chi connectivity index (χ4n) is 3.54. The van der Waals surface area contributed by atoms with Gasteiger partial charge in [-0.15, -0.1) is 0 Å². The van der Waals surface area contributed by atoms with Crippen molar-refractivity contribution in [2.24, 2.45) is 0 Å². The van der Waals surface area contributed by atoms with Crippen molar-refractivity contribution < 1.29 is 9.84 Å². The van der Waals surface area contributed by atoms with Gasteiger partial charge < -0.3 is 9.84 Å². The van der Waals surface area contributed by atoms with Crippen molar-refractivity contribution >= 4 is 0 Å². The second kappa shape index (κ2) is 8.92. The zero-order valence-electron chi connectivity index (χ0n) is 14.9. The molecule has 134 valence electrons. The minimum Gasteiger partial charge on any atom is -0.508 e. The van der Waals surface area contributed by atoms with Crippen molar-refractivity contribution in [3.8, 4) is 5.75 Å². The standard InChI is InChI=1S/C20H27N3O2/c1-25-15-20-21-12-17(13-22-20)14-23-10-3-2-6-18(23)9-8-16-5-4-7-19(24)11-16/h4-5,7,11-13,18,24H,2-3,6,8-10,14-15H2,1H3/t18-/m0/s1. The Hall–Kier alpha value is -1.98. The van der Waals surface area contributed by atoms with Gasteiger partial charge in [0.1, 0.15) is 12.4 Å². The lowest BCUT2D eigenvalue weighted by Gasteiger charge is -2.35. The maximum atomic E-state index is 9.62. The number of hydrogen-bond donors (Lipinski definition) is 1. The maximum Gasteiger partial charge on any atom is 0.153 e. The van der Waals surface area contributed by atoms with Crippen molar-refractivity contribution in [3.05, 3.63) is 53.6 Å². The van der Waals surface area contributed by atoms with Gasteiger partial charge in [0.2, 0.25) is 0 Å². The van der Waals surface area contributed by atoms with Gasteiger partial charge in [0, 0.05) is 37.7 Å². The molecule has 0 unspecified atom stereocenters. The highest BCUT2D eigenvalue weighted by Crippen LogP contribution is 2.24. The summed E-state index contributed by atoms with van der Waals surface area (Å²) < 4.78 is 5.06. The predicted molar refractivity (Wildman–Crippen MR) is 97.2 cm³/mol. The van der Waals surface area contributed by atoms with Crippen LogP contribution in [0.3, 0.4) is 0 Å². The lowest BCUT2D eigenvalue weighted by atomic mass is 9.95. The molecule has 3 rings (SSSR count). The SMILES string of the molecule is COCc1ncc(CN2CCCC[C@H]2CCc2cccc(O)c2)cn1. The van der Waals surface area contributed by atoms with Crippen LogP contribution in [0.4, 0.5) is 0 Å². The first-order valence-electron chi connectivity index (χ1n) is 9.05. The first-order chi connectivity index (χ1) is 12.2. The van der Waals surface area contributed by atoms with Crippen LogP contribution in [0, 0.1) is 0 Å². The van der Waals surface area contributed by atoms with E-state index in [-0.39, 0.29) is 0 Å². The van der Waals surface area contributed by atoms with Crippen molar-refractivity contribution in [1.29, 1.82) is 0 Å². The van der Waals surface area contributed by atoms with Crippen LogP contribution in [0.2, 0.25) is 0 Å². The molecule has 0 saturated carbocycles. The van der Waals surface area contributed by atoms with Crippen LogP contribution < -0.4 is 0 Å².